The van der Waals surface area contributed by atoms with E-state index in [4.69, 9.17) is 0 Å². The molecule has 1 aliphatic heterocycles. The molecule has 1 amide bonds. The van der Waals surface area contributed by atoms with E-state index in [0.29, 0.717) is 0 Å². The Morgan fingerprint density at radius 1 is 1.05 bits per heavy atom. The van der Waals surface area contributed by atoms with Gasteiger partial charge in [-0.25, -0.2) is 4.98 Å². The highest BCUT2D eigenvalue weighted by Gasteiger charge is 2.17. The van der Waals surface area contributed by atoms with Crippen molar-refractivity contribution in [3.63, 3.8) is 0 Å². The normalized spacial score (nSPS) is 15.9. The third-order valence-electron chi connectivity index (χ3n) is 3.80. The van der Waals surface area contributed by atoms with E-state index in [9.17, 15) is 4.79 Å². The molecule has 1 fully saturated rings. The van der Waals surface area contributed by atoms with Crippen LogP contribution in [0, 0.1) is 0 Å². The molecule has 1 aromatic heterocycles. The average molecular weight is 269 g/mol. The van der Waals surface area contributed by atoms with Crippen molar-refractivity contribution in [1.82, 2.24) is 14.9 Å². The molecule has 20 heavy (non-hydrogen) atoms. The first-order valence-corrected chi connectivity index (χ1v) is 7.24. The Morgan fingerprint density at radius 2 is 1.75 bits per heavy atom. The maximum atomic E-state index is 12.5. The molecule has 0 radical (unpaired) electrons. The Balaban J connectivity index is 1.75. The quantitative estimate of drug-likeness (QED) is 0.910. The number of aromatic amines is 1. The van der Waals surface area contributed by atoms with Gasteiger partial charge in [0.05, 0.1) is 0 Å². The molecule has 0 saturated carbocycles. The Bertz CT molecular complexity index is 552. The summed E-state index contributed by atoms with van der Waals surface area (Å²) in [5.74, 6) is 0.983. The molecular formula is C16H19N3O. The van der Waals surface area contributed by atoms with E-state index < -0.39 is 0 Å². The van der Waals surface area contributed by atoms with E-state index in [0.717, 1.165) is 42.9 Å². The molecule has 1 saturated heterocycles. The number of amides is 1. The fraction of sp³-hybridized carbons (Fsp3) is 0.375. The van der Waals surface area contributed by atoms with Crippen molar-refractivity contribution in [2.75, 3.05) is 13.1 Å². The molecule has 0 spiro atoms. The molecule has 1 N–H and O–H groups in total. The molecule has 2 heterocycles. The second kappa shape index (κ2) is 5.90. The topological polar surface area (TPSA) is 49.0 Å². The summed E-state index contributed by atoms with van der Waals surface area (Å²) in [7, 11) is 0. The third-order valence-corrected chi connectivity index (χ3v) is 3.80. The summed E-state index contributed by atoms with van der Waals surface area (Å²) < 4.78 is 0. The minimum absolute atomic E-state index is 0.151. The van der Waals surface area contributed by atoms with Crippen LogP contribution in [-0.4, -0.2) is 33.9 Å². The van der Waals surface area contributed by atoms with Crippen LogP contribution in [-0.2, 0) is 0 Å². The molecule has 0 bridgehead atoms. The van der Waals surface area contributed by atoms with Crippen molar-refractivity contribution >= 4 is 5.91 Å². The van der Waals surface area contributed by atoms with Crippen LogP contribution < -0.4 is 0 Å². The van der Waals surface area contributed by atoms with Crippen LogP contribution in [0.3, 0.4) is 0 Å². The van der Waals surface area contributed by atoms with Gasteiger partial charge < -0.3 is 9.88 Å². The van der Waals surface area contributed by atoms with E-state index in [1.165, 1.54) is 12.8 Å². The van der Waals surface area contributed by atoms with Gasteiger partial charge in [-0.3, -0.25) is 4.79 Å². The molecule has 2 aromatic rings. The van der Waals surface area contributed by atoms with Crippen molar-refractivity contribution in [2.24, 2.45) is 0 Å². The van der Waals surface area contributed by atoms with Gasteiger partial charge in [0.15, 0.2) is 0 Å². The number of carbonyl (C=O) groups excluding carboxylic acids is 1. The summed E-state index contributed by atoms with van der Waals surface area (Å²) >= 11 is 0. The predicted molar refractivity (Wildman–Crippen MR) is 78.4 cm³/mol. The zero-order valence-corrected chi connectivity index (χ0v) is 11.5. The number of carbonyl (C=O) groups is 1. The maximum Gasteiger partial charge on any atom is 0.253 e. The lowest BCUT2D eigenvalue weighted by Gasteiger charge is -2.20. The van der Waals surface area contributed by atoms with Gasteiger partial charge in [0.1, 0.15) is 5.82 Å². The van der Waals surface area contributed by atoms with Gasteiger partial charge in [-0.1, -0.05) is 25.0 Å². The first-order chi connectivity index (χ1) is 9.84. The Kier molecular flexibility index (Phi) is 3.81. The van der Waals surface area contributed by atoms with Gasteiger partial charge in [-0.05, 0) is 25.0 Å². The highest BCUT2D eigenvalue weighted by molar-refractivity contribution is 5.94. The molecule has 0 unspecified atom stereocenters. The van der Waals surface area contributed by atoms with Crippen molar-refractivity contribution < 1.29 is 4.79 Å². The molecule has 4 heteroatoms. The minimum Gasteiger partial charge on any atom is -0.345 e. The summed E-state index contributed by atoms with van der Waals surface area (Å²) in [6.45, 7) is 1.78. The van der Waals surface area contributed by atoms with Crippen LogP contribution in [0.5, 0.6) is 0 Å². The Hall–Kier alpha value is -2.10. The van der Waals surface area contributed by atoms with Crippen molar-refractivity contribution in [2.45, 2.75) is 25.7 Å². The number of likely N-dealkylation sites (tertiary alicyclic amines) is 1. The number of imidazole rings is 1. The number of hydrogen-bond donors (Lipinski definition) is 1. The molecule has 104 valence electrons. The SMILES string of the molecule is O=C(c1ccc(-c2ncc[nH]2)cc1)N1CCCCCC1. The molecule has 3 rings (SSSR count). The number of nitrogens with zero attached hydrogens (tertiary/aromatic N) is 2. The standard InChI is InChI=1S/C16H19N3O/c20-16(19-11-3-1-2-4-12-19)14-7-5-13(6-8-14)15-17-9-10-18-15/h5-10H,1-4,11-12H2,(H,17,18). The van der Waals surface area contributed by atoms with E-state index >= 15 is 0 Å². The number of nitrogens with one attached hydrogen (secondary N) is 1. The zero-order chi connectivity index (χ0) is 13.8. The molecule has 4 nitrogen and oxygen atoms in total. The van der Waals surface area contributed by atoms with Crippen LogP contribution in [0.15, 0.2) is 36.7 Å². The lowest BCUT2D eigenvalue weighted by molar-refractivity contribution is 0.0761. The van der Waals surface area contributed by atoms with Crippen LogP contribution in [0.2, 0.25) is 0 Å². The zero-order valence-electron chi connectivity index (χ0n) is 11.5. The molecule has 1 aromatic carbocycles. The van der Waals surface area contributed by atoms with Crippen LogP contribution >= 0.6 is 0 Å². The fourth-order valence-corrected chi connectivity index (χ4v) is 2.65. The minimum atomic E-state index is 0.151. The number of H-pyrrole nitrogens is 1. The van der Waals surface area contributed by atoms with E-state index in [-0.39, 0.29) is 5.91 Å². The van der Waals surface area contributed by atoms with Crippen LogP contribution in [0.4, 0.5) is 0 Å². The van der Waals surface area contributed by atoms with Crippen LogP contribution in [0.25, 0.3) is 11.4 Å². The van der Waals surface area contributed by atoms with Crippen molar-refractivity contribution in [3.05, 3.63) is 42.2 Å². The number of benzene rings is 1. The average Bonchev–Trinajstić information content (AvgIpc) is 2.89. The van der Waals surface area contributed by atoms with Crippen molar-refractivity contribution in [3.8, 4) is 11.4 Å². The Morgan fingerprint density at radius 3 is 2.35 bits per heavy atom. The lowest BCUT2D eigenvalue weighted by Crippen LogP contribution is -2.31. The van der Waals surface area contributed by atoms with Gasteiger partial charge in [-0.2, -0.15) is 0 Å². The smallest absolute Gasteiger partial charge is 0.253 e. The highest BCUT2D eigenvalue weighted by atomic mass is 16.2. The highest BCUT2D eigenvalue weighted by Crippen LogP contribution is 2.17. The predicted octanol–water partition coefficient (Wildman–Crippen LogP) is 3.09. The van der Waals surface area contributed by atoms with Gasteiger partial charge >= 0.3 is 0 Å². The van der Waals surface area contributed by atoms with Gasteiger partial charge in [0.25, 0.3) is 5.91 Å². The van der Waals surface area contributed by atoms with E-state index in [1.54, 1.807) is 12.4 Å². The first-order valence-electron chi connectivity index (χ1n) is 7.24. The van der Waals surface area contributed by atoms with Gasteiger partial charge in [0.2, 0.25) is 0 Å². The van der Waals surface area contributed by atoms with Gasteiger partial charge in [-0.15, -0.1) is 0 Å². The summed E-state index contributed by atoms with van der Waals surface area (Å²) in [6, 6.07) is 7.68. The number of aromatic nitrogens is 2. The molecule has 0 aliphatic carbocycles. The molecule has 1 aliphatic rings. The third kappa shape index (κ3) is 2.74. The molecular weight excluding hydrogens is 250 g/mol. The summed E-state index contributed by atoms with van der Waals surface area (Å²) in [5.41, 5.74) is 1.77. The summed E-state index contributed by atoms with van der Waals surface area (Å²) in [6.07, 6.45) is 8.24. The summed E-state index contributed by atoms with van der Waals surface area (Å²) in [5, 5.41) is 0. The lowest BCUT2D eigenvalue weighted by atomic mass is 10.1. The van der Waals surface area contributed by atoms with Crippen LogP contribution in [0.1, 0.15) is 36.0 Å². The Labute approximate surface area is 118 Å². The first kappa shape index (κ1) is 12.9. The monoisotopic (exact) mass is 269 g/mol. The largest absolute Gasteiger partial charge is 0.345 e. The number of hydrogen-bond acceptors (Lipinski definition) is 2. The van der Waals surface area contributed by atoms with Crippen molar-refractivity contribution in [1.29, 1.82) is 0 Å². The van der Waals surface area contributed by atoms with E-state index in [2.05, 4.69) is 9.97 Å². The fourth-order valence-electron chi connectivity index (χ4n) is 2.65. The second-order valence-electron chi connectivity index (χ2n) is 5.22. The number of rotatable bonds is 2. The molecule has 0 atom stereocenters. The second-order valence-corrected chi connectivity index (χ2v) is 5.22. The summed E-state index contributed by atoms with van der Waals surface area (Å²) in [4.78, 5) is 21.7. The van der Waals surface area contributed by atoms with E-state index in [1.807, 2.05) is 29.2 Å². The van der Waals surface area contributed by atoms with Gasteiger partial charge in [0, 0.05) is 36.6 Å². The maximum absolute atomic E-state index is 12.5.